The van der Waals surface area contributed by atoms with Gasteiger partial charge in [0.2, 0.25) is 11.8 Å². The van der Waals surface area contributed by atoms with E-state index in [4.69, 9.17) is 10.5 Å². The maximum absolute atomic E-state index is 11.8. The summed E-state index contributed by atoms with van der Waals surface area (Å²) >= 11 is 0. The molecule has 0 unspecified atom stereocenters. The number of nitrogens with one attached hydrogen (secondary N) is 2. The Morgan fingerprint density at radius 2 is 1.88 bits per heavy atom. The second-order valence-electron chi connectivity index (χ2n) is 6.48. The summed E-state index contributed by atoms with van der Waals surface area (Å²) in [6, 6.07) is 7.25. The van der Waals surface area contributed by atoms with Gasteiger partial charge in [0.1, 0.15) is 5.75 Å². The minimum Gasteiger partial charge on any atom is -0.493 e. The number of primary amides is 1. The fraction of sp³-hybridized carbons (Fsp3) is 0.579. The van der Waals surface area contributed by atoms with Crippen LogP contribution in [0.15, 0.2) is 24.3 Å². The second-order valence-corrected chi connectivity index (χ2v) is 6.48. The standard InChI is InChI=1S/C19H29N3O3/c20-19(24)15-6-5-9-17(14-15)25-13-10-18(23)22-12-11-21-16-7-3-1-2-4-8-16/h5-6,9,14,16,21H,1-4,7-8,10-13H2,(H2,20,24)(H,22,23). The van der Waals surface area contributed by atoms with E-state index >= 15 is 0 Å². The molecule has 138 valence electrons. The van der Waals surface area contributed by atoms with Crippen LogP contribution in [-0.4, -0.2) is 37.6 Å². The molecule has 0 bridgehead atoms. The van der Waals surface area contributed by atoms with Crippen molar-refractivity contribution in [2.24, 2.45) is 5.73 Å². The molecule has 0 spiro atoms. The van der Waals surface area contributed by atoms with Crippen LogP contribution in [-0.2, 0) is 4.79 Å². The lowest BCUT2D eigenvalue weighted by atomic mass is 10.1. The van der Waals surface area contributed by atoms with Gasteiger partial charge in [-0.25, -0.2) is 0 Å². The highest BCUT2D eigenvalue weighted by atomic mass is 16.5. The minimum atomic E-state index is -0.496. The monoisotopic (exact) mass is 347 g/mol. The van der Waals surface area contributed by atoms with Crippen LogP contribution in [0.3, 0.4) is 0 Å². The highest BCUT2D eigenvalue weighted by molar-refractivity contribution is 5.93. The van der Waals surface area contributed by atoms with E-state index in [1.54, 1.807) is 24.3 Å². The summed E-state index contributed by atoms with van der Waals surface area (Å²) in [5, 5.41) is 6.42. The van der Waals surface area contributed by atoms with E-state index in [0.717, 1.165) is 6.54 Å². The van der Waals surface area contributed by atoms with E-state index in [2.05, 4.69) is 10.6 Å². The normalized spacial score (nSPS) is 15.4. The third-order valence-corrected chi connectivity index (χ3v) is 4.45. The van der Waals surface area contributed by atoms with Crippen LogP contribution >= 0.6 is 0 Å². The Balaban J connectivity index is 1.56. The van der Waals surface area contributed by atoms with Gasteiger partial charge in [-0.3, -0.25) is 9.59 Å². The van der Waals surface area contributed by atoms with Crippen LogP contribution in [0.25, 0.3) is 0 Å². The molecule has 0 aliphatic heterocycles. The van der Waals surface area contributed by atoms with Crippen LogP contribution in [0.1, 0.15) is 55.3 Å². The van der Waals surface area contributed by atoms with Crippen molar-refractivity contribution in [2.75, 3.05) is 19.7 Å². The molecule has 25 heavy (non-hydrogen) atoms. The SMILES string of the molecule is NC(=O)c1cccc(OCCC(=O)NCCNC2CCCCCC2)c1. The van der Waals surface area contributed by atoms with E-state index in [1.165, 1.54) is 38.5 Å². The molecule has 1 aliphatic carbocycles. The molecule has 2 amide bonds. The minimum absolute atomic E-state index is 0.0336. The van der Waals surface area contributed by atoms with Crippen molar-refractivity contribution in [1.29, 1.82) is 0 Å². The third-order valence-electron chi connectivity index (χ3n) is 4.45. The quantitative estimate of drug-likeness (QED) is 0.470. The molecule has 0 aromatic heterocycles. The van der Waals surface area contributed by atoms with Crippen molar-refractivity contribution in [3.8, 4) is 5.75 Å². The van der Waals surface area contributed by atoms with Gasteiger partial charge in [0.15, 0.2) is 0 Å². The molecular weight excluding hydrogens is 318 g/mol. The molecule has 1 aromatic rings. The third kappa shape index (κ3) is 7.56. The van der Waals surface area contributed by atoms with Crippen molar-refractivity contribution >= 4 is 11.8 Å². The Labute approximate surface area is 149 Å². The Hall–Kier alpha value is -2.08. The Morgan fingerprint density at radius 3 is 2.60 bits per heavy atom. The van der Waals surface area contributed by atoms with Gasteiger partial charge in [-0.15, -0.1) is 0 Å². The zero-order valence-electron chi connectivity index (χ0n) is 14.8. The summed E-state index contributed by atoms with van der Waals surface area (Å²) in [6.07, 6.45) is 8.06. The summed E-state index contributed by atoms with van der Waals surface area (Å²) in [4.78, 5) is 22.9. The molecule has 0 saturated heterocycles. The lowest BCUT2D eigenvalue weighted by Gasteiger charge is -2.16. The summed E-state index contributed by atoms with van der Waals surface area (Å²) < 4.78 is 5.50. The van der Waals surface area contributed by atoms with Crippen LogP contribution in [0.2, 0.25) is 0 Å². The molecule has 0 heterocycles. The first-order valence-corrected chi connectivity index (χ1v) is 9.18. The number of hydrogen-bond donors (Lipinski definition) is 3. The van der Waals surface area contributed by atoms with Crippen molar-refractivity contribution in [3.05, 3.63) is 29.8 Å². The van der Waals surface area contributed by atoms with Gasteiger partial charge < -0.3 is 21.1 Å². The number of amides is 2. The van der Waals surface area contributed by atoms with Gasteiger partial charge in [0, 0.05) is 24.7 Å². The van der Waals surface area contributed by atoms with Crippen LogP contribution < -0.4 is 21.1 Å². The van der Waals surface area contributed by atoms with Gasteiger partial charge >= 0.3 is 0 Å². The van der Waals surface area contributed by atoms with E-state index in [1.807, 2.05) is 0 Å². The molecule has 0 atom stereocenters. The second kappa shape index (κ2) is 10.7. The highest BCUT2D eigenvalue weighted by Crippen LogP contribution is 2.16. The van der Waals surface area contributed by atoms with Crippen molar-refractivity contribution in [1.82, 2.24) is 10.6 Å². The fourth-order valence-electron chi connectivity index (χ4n) is 3.05. The van der Waals surface area contributed by atoms with Crippen LogP contribution in [0.4, 0.5) is 0 Å². The molecule has 6 heteroatoms. The molecule has 4 N–H and O–H groups in total. The molecule has 1 saturated carbocycles. The molecule has 6 nitrogen and oxygen atoms in total. The zero-order chi connectivity index (χ0) is 17.9. The molecule has 1 fully saturated rings. The number of carbonyl (C=O) groups excluding carboxylic acids is 2. The first kappa shape index (κ1) is 19.2. The maximum atomic E-state index is 11.8. The molecule has 1 aliphatic rings. The van der Waals surface area contributed by atoms with Crippen LogP contribution in [0, 0.1) is 0 Å². The van der Waals surface area contributed by atoms with Crippen molar-refractivity contribution in [3.63, 3.8) is 0 Å². The Bertz CT molecular complexity index is 555. The Morgan fingerprint density at radius 1 is 1.12 bits per heavy atom. The number of hydrogen-bond acceptors (Lipinski definition) is 4. The number of ether oxygens (including phenoxy) is 1. The molecule has 2 rings (SSSR count). The molecule has 1 aromatic carbocycles. The average molecular weight is 347 g/mol. The van der Waals surface area contributed by atoms with E-state index in [9.17, 15) is 9.59 Å². The Kier molecular flexibility index (Phi) is 8.25. The van der Waals surface area contributed by atoms with Crippen molar-refractivity contribution in [2.45, 2.75) is 51.0 Å². The lowest BCUT2D eigenvalue weighted by Crippen LogP contribution is -2.37. The topological polar surface area (TPSA) is 93.5 Å². The smallest absolute Gasteiger partial charge is 0.248 e. The predicted molar refractivity (Wildman–Crippen MR) is 97.6 cm³/mol. The summed E-state index contributed by atoms with van der Waals surface area (Å²) in [5.74, 6) is 0.0113. The highest BCUT2D eigenvalue weighted by Gasteiger charge is 2.11. The van der Waals surface area contributed by atoms with E-state index in [-0.39, 0.29) is 18.9 Å². The summed E-state index contributed by atoms with van der Waals surface area (Å²) in [7, 11) is 0. The summed E-state index contributed by atoms with van der Waals surface area (Å²) in [6.45, 7) is 1.70. The van der Waals surface area contributed by atoms with Gasteiger partial charge in [-0.1, -0.05) is 31.7 Å². The maximum Gasteiger partial charge on any atom is 0.248 e. The number of rotatable bonds is 9. The number of benzene rings is 1. The number of nitrogens with two attached hydrogens (primary N) is 1. The van der Waals surface area contributed by atoms with E-state index < -0.39 is 5.91 Å². The first-order chi connectivity index (χ1) is 12.1. The first-order valence-electron chi connectivity index (χ1n) is 9.18. The number of carbonyl (C=O) groups is 2. The predicted octanol–water partition coefficient (Wildman–Crippen LogP) is 1.98. The zero-order valence-corrected chi connectivity index (χ0v) is 14.8. The average Bonchev–Trinajstić information content (AvgIpc) is 2.88. The van der Waals surface area contributed by atoms with Crippen molar-refractivity contribution < 1.29 is 14.3 Å². The molecular formula is C19H29N3O3. The molecule has 0 radical (unpaired) electrons. The van der Waals surface area contributed by atoms with Gasteiger partial charge in [-0.05, 0) is 31.0 Å². The lowest BCUT2D eigenvalue weighted by molar-refractivity contribution is -0.121. The largest absolute Gasteiger partial charge is 0.493 e. The van der Waals surface area contributed by atoms with E-state index in [0.29, 0.717) is 23.9 Å². The van der Waals surface area contributed by atoms with Gasteiger partial charge in [0.05, 0.1) is 13.0 Å². The van der Waals surface area contributed by atoms with Gasteiger partial charge in [-0.2, -0.15) is 0 Å². The van der Waals surface area contributed by atoms with Crippen LogP contribution in [0.5, 0.6) is 5.75 Å². The fourth-order valence-corrected chi connectivity index (χ4v) is 3.05. The summed E-state index contributed by atoms with van der Waals surface area (Å²) in [5.41, 5.74) is 5.62. The van der Waals surface area contributed by atoms with Gasteiger partial charge in [0.25, 0.3) is 0 Å².